The third-order valence-electron chi connectivity index (χ3n) is 2.76. The van der Waals surface area contributed by atoms with Crippen LogP contribution in [0.2, 0.25) is 0 Å². The number of rotatable bonds is 12. The van der Waals surface area contributed by atoms with Crippen LogP contribution < -0.4 is 5.32 Å². The van der Waals surface area contributed by atoms with E-state index >= 15 is 0 Å². The van der Waals surface area contributed by atoms with E-state index in [0.29, 0.717) is 6.04 Å². The Morgan fingerprint density at radius 2 is 1.88 bits per heavy atom. The van der Waals surface area contributed by atoms with Gasteiger partial charge in [-0.3, -0.25) is 4.90 Å². The summed E-state index contributed by atoms with van der Waals surface area (Å²) in [6.45, 7) is 12.2. The zero-order chi connectivity index (χ0) is 12.9. The summed E-state index contributed by atoms with van der Waals surface area (Å²) in [5, 5.41) is 12.3. The Morgan fingerprint density at radius 1 is 1.18 bits per heavy atom. The maximum atomic E-state index is 8.90. The molecule has 2 N–H and O–H groups in total. The highest BCUT2D eigenvalue weighted by atomic mass is 16.3. The second-order valence-electron chi connectivity index (χ2n) is 4.84. The number of unbranched alkanes of at least 4 members (excludes halogenated alkanes) is 3. The smallest absolute Gasteiger partial charge is 0.0558 e. The summed E-state index contributed by atoms with van der Waals surface area (Å²) in [5.41, 5.74) is 0. The number of aliphatic hydroxyl groups excluding tert-OH is 1. The molecular formula is C14H30N2O. The van der Waals surface area contributed by atoms with Gasteiger partial charge in [0.2, 0.25) is 0 Å². The molecule has 0 spiro atoms. The lowest BCUT2D eigenvalue weighted by Crippen LogP contribution is -2.28. The first-order valence-corrected chi connectivity index (χ1v) is 6.88. The van der Waals surface area contributed by atoms with Gasteiger partial charge >= 0.3 is 0 Å². The summed E-state index contributed by atoms with van der Waals surface area (Å²) in [7, 11) is 0. The summed E-state index contributed by atoms with van der Waals surface area (Å²) >= 11 is 0. The second-order valence-corrected chi connectivity index (χ2v) is 4.84. The lowest BCUT2D eigenvalue weighted by molar-refractivity contribution is 0.206. The molecule has 0 aromatic rings. The molecule has 3 heteroatoms. The van der Waals surface area contributed by atoms with Crippen LogP contribution in [0.15, 0.2) is 12.7 Å². The van der Waals surface area contributed by atoms with Crippen LogP contribution in [0.25, 0.3) is 0 Å². The van der Waals surface area contributed by atoms with Crippen LogP contribution in [-0.2, 0) is 0 Å². The Labute approximate surface area is 107 Å². The Morgan fingerprint density at radius 3 is 2.47 bits per heavy atom. The van der Waals surface area contributed by atoms with E-state index in [9.17, 15) is 0 Å². The van der Waals surface area contributed by atoms with E-state index in [1.54, 1.807) is 0 Å². The summed E-state index contributed by atoms with van der Waals surface area (Å²) in [5.74, 6) is 0. The first-order valence-electron chi connectivity index (χ1n) is 6.88. The Bertz CT molecular complexity index is 172. The van der Waals surface area contributed by atoms with Crippen molar-refractivity contribution in [2.75, 3.05) is 32.8 Å². The molecule has 0 amide bonds. The van der Waals surface area contributed by atoms with E-state index < -0.39 is 0 Å². The minimum absolute atomic E-state index is 0.242. The van der Waals surface area contributed by atoms with Crippen LogP contribution in [0.5, 0.6) is 0 Å². The second kappa shape index (κ2) is 12.1. The van der Waals surface area contributed by atoms with Gasteiger partial charge < -0.3 is 10.4 Å². The van der Waals surface area contributed by atoms with Crippen molar-refractivity contribution < 1.29 is 5.11 Å². The SMILES string of the molecule is C=CCN(CCO)CCCCCCNC(C)C. The Hall–Kier alpha value is -0.380. The molecule has 0 aliphatic carbocycles. The number of hydrogen-bond acceptors (Lipinski definition) is 3. The highest BCUT2D eigenvalue weighted by Crippen LogP contribution is 2.01. The van der Waals surface area contributed by atoms with Gasteiger partial charge in [-0.2, -0.15) is 0 Å². The van der Waals surface area contributed by atoms with Gasteiger partial charge in [0.1, 0.15) is 0 Å². The van der Waals surface area contributed by atoms with Crippen molar-refractivity contribution in [2.45, 2.75) is 45.6 Å². The fourth-order valence-corrected chi connectivity index (χ4v) is 1.82. The Kier molecular flexibility index (Phi) is 11.8. The summed E-state index contributed by atoms with van der Waals surface area (Å²) in [4.78, 5) is 2.25. The van der Waals surface area contributed by atoms with Gasteiger partial charge in [-0.1, -0.05) is 32.8 Å². The molecular weight excluding hydrogens is 212 g/mol. The third kappa shape index (κ3) is 11.9. The van der Waals surface area contributed by atoms with Crippen molar-refractivity contribution in [2.24, 2.45) is 0 Å². The topological polar surface area (TPSA) is 35.5 Å². The average Bonchev–Trinajstić information content (AvgIpc) is 2.28. The van der Waals surface area contributed by atoms with E-state index in [-0.39, 0.29) is 6.61 Å². The monoisotopic (exact) mass is 242 g/mol. The summed E-state index contributed by atoms with van der Waals surface area (Å²) in [6.07, 6.45) is 6.96. The quantitative estimate of drug-likeness (QED) is 0.406. The largest absolute Gasteiger partial charge is 0.395 e. The van der Waals surface area contributed by atoms with Crippen LogP contribution >= 0.6 is 0 Å². The normalized spacial score (nSPS) is 11.4. The molecule has 0 saturated carbocycles. The van der Waals surface area contributed by atoms with E-state index in [1.807, 2.05) is 6.08 Å². The van der Waals surface area contributed by atoms with E-state index in [0.717, 1.165) is 26.2 Å². The van der Waals surface area contributed by atoms with E-state index in [2.05, 4.69) is 30.6 Å². The highest BCUT2D eigenvalue weighted by molar-refractivity contribution is 4.73. The van der Waals surface area contributed by atoms with Crippen molar-refractivity contribution >= 4 is 0 Å². The number of nitrogens with zero attached hydrogens (tertiary/aromatic N) is 1. The number of hydrogen-bond donors (Lipinski definition) is 2. The molecule has 0 aromatic carbocycles. The predicted molar refractivity (Wildman–Crippen MR) is 75.3 cm³/mol. The first-order chi connectivity index (χ1) is 8.20. The number of aliphatic hydroxyl groups is 1. The van der Waals surface area contributed by atoms with Gasteiger partial charge in [0.25, 0.3) is 0 Å². The van der Waals surface area contributed by atoms with Gasteiger partial charge in [-0.05, 0) is 25.9 Å². The first kappa shape index (κ1) is 16.6. The molecule has 0 saturated heterocycles. The molecule has 102 valence electrons. The average molecular weight is 242 g/mol. The van der Waals surface area contributed by atoms with Gasteiger partial charge in [0.05, 0.1) is 6.61 Å². The van der Waals surface area contributed by atoms with Crippen LogP contribution in [0.3, 0.4) is 0 Å². The van der Waals surface area contributed by atoms with E-state index in [1.165, 1.54) is 25.7 Å². The lowest BCUT2D eigenvalue weighted by atomic mass is 10.2. The van der Waals surface area contributed by atoms with E-state index in [4.69, 9.17) is 5.11 Å². The van der Waals surface area contributed by atoms with Crippen molar-refractivity contribution in [3.8, 4) is 0 Å². The van der Waals surface area contributed by atoms with Crippen LogP contribution in [-0.4, -0.2) is 48.8 Å². The van der Waals surface area contributed by atoms with Gasteiger partial charge in [0, 0.05) is 19.1 Å². The molecule has 3 nitrogen and oxygen atoms in total. The third-order valence-corrected chi connectivity index (χ3v) is 2.76. The standard InChI is InChI=1S/C14H30N2O/c1-4-10-16(12-13-17)11-8-6-5-7-9-15-14(2)3/h4,14-15,17H,1,5-13H2,2-3H3. The van der Waals surface area contributed by atoms with Crippen molar-refractivity contribution in [1.82, 2.24) is 10.2 Å². The molecule has 0 aliphatic heterocycles. The van der Waals surface area contributed by atoms with Gasteiger partial charge in [0.15, 0.2) is 0 Å². The summed E-state index contributed by atoms with van der Waals surface area (Å²) in [6, 6.07) is 0.600. The zero-order valence-electron chi connectivity index (χ0n) is 11.6. The highest BCUT2D eigenvalue weighted by Gasteiger charge is 2.01. The van der Waals surface area contributed by atoms with Crippen molar-refractivity contribution in [3.05, 3.63) is 12.7 Å². The molecule has 0 fully saturated rings. The molecule has 0 rings (SSSR count). The molecule has 0 unspecified atom stereocenters. The number of nitrogens with one attached hydrogen (secondary N) is 1. The van der Waals surface area contributed by atoms with Crippen LogP contribution in [0.1, 0.15) is 39.5 Å². The van der Waals surface area contributed by atoms with Crippen LogP contribution in [0, 0.1) is 0 Å². The minimum atomic E-state index is 0.242. The molecule has 0 aromatic heterocycles. The summed E-state index contributed by atoms with van der Waals surface area (Å²) < 4.78 is 0. The fraction of sp³-hybridized carbons (Fsp3) is 0.857. The van der Waals surface area contributed by atoms with Gasteiger partial charge in [-0.25, -0.2) is 0 Å². The molecule has 0 radical (unpaired) electrons. The molecule has 0 atom stereocenters. The Balaban J connectivity index is 3.32. The molecule has 0 heterocycles. The minimum Gasteiger partial charge on any atom is -0.395 e. The van der Waals surface area contributed by atoms with Crippen molar-refractivity contribution in [3.63, 3.8) is 0 Å². The fourth-order valence-electron chi connectivity index (χ4n) is 1.82. The maximum absolute atomic E-state index is 8.90. The maximum Gasteiger partial charge on any atom is 0.0558 e. The van der Waals surface area contributed by atoms with Gasteiger partial charge in [-0.15, -0.1) is 6.58 Å². The lowest BCUT2D eigenvalue weighted by Gasteiger charge is -2.19. The molecule has 17 heavy (non-hydrogen) atoms. The van der Waals surface area contributed by atoms with Crippen molar-refractivity contribution in [1.29, 1.82) is 0 Å². The molecule has 0 bridgehead atoms. The molecule has 0 aliphatic rings. The zero-order valence-corrected chi connectivity index (χ0v) is 11.6. The predicted octanol–water partition coefficient (Wildman–Crippen LogP) is 2.03. The van der Waals surface area contributed by atoms with Crippen LogP contribution in [0.4, 0.5) is 0 Å².